The van der Waals surface area contributed by atoms with Gasteiger partial charge in [-0.2, -0.15) is 0 Å². The van der Waals surface area contributed by atoms with Gasteiger partial charge < -0.3 is 14.7 Å². The van der Waals surface area contributed by atoms with Crippen molar-refractivity contribution in [2.24, 2.45) is 0 Å². The van der Waals surface area contributed by atoms with Crippen molar-refractivity contribution in [3.63, 3.8) is 0 Å². The van der Waals surface area contributed by atoms with Gasteiger partial charge in [0.2, 0.25) is 0 Å². The van der Waals surface area contributed by atoms with Crippen molar-refractivity contribution >= 4 is 62.9 Å². The van der Waals surface area contributed by atoms with Crippen molar-refractivity contribution in [3.05, 3.63) is 239 Å². The molecule has 0 aromatic heterocycles. The van der Waals surface area contributed by atoms with Gasteiger partial charge in [-0.25, -0.2) is 0 Å². The highest BCUT2D eigenvalue weighted by atomic mass is 15.3. The maximum Gasteiger partial charge on any atom is 0.252 e. The van der Waals surface area contributed by atoms with Gasteiger partial charge in [0.25, 0.3) is 6.71 Å². The van der Waals surface area contributed by atoms with Crippen LogP contribution in [0.25, 0.3) is 22.3 Å². The normalized spacial score (nSPS) is 22.9. The zero-order valence-electron chi connectivity index (χ0n) is 47.2. The van der Waals surface area contributed by atoms with Gasteiger partial charge >= 0.3 is 0 Å². The summed E-state index contributed by atoms with van der Waals surface area (Å²) in [5, 5.41) is 0. The molecule has 4 heteroatoms. The molecule has 0 saturated heterocycles. The summed E-state index contributed by atoms with van der Waals surface area (Å²) in [7, 11) is 0. The topological polar surface area (TPSA) is 9.72 Å². The molecule has 0 N–H and O–H groups in total. The Morgan fingerprint density at radius 3 is 1.58 bits per heavy atom. The molecule has 4 aliphatic heterocycles. The average molecular weight is 1010 g/mol. The highest BCUT2D eigenvalue weighted by molar-refractivity contribution is 7.00. The molecule has 15 rings (SSSR count). The minimum absolute atomic E-state index is 0.000336. The number of fused-ring (bicyclic) bond motifs is 14. The van der Waals surface area contributed by atoms with Gasteiger partial charge in [-0.05, 0) is 170 Å². The smallest absolute Gasteiger partial charge is 0.252 e. The molecule has 0 radical (unpaired) electrons. The van der Waals surface area contributed by atoms with E-state index >= 15 is 0 Å². The molecule has 0 fully saturated rings. The van der Waals surface area contributed by atoms with Crippen LogP contribution in [0.2, 0.25) is 0 Å². The van der Waals surface area contributed by atoms with Crippen LogP contribution in [0.15, 0.2) is 194 Å². The van der Waals surface area contributed by atoms with E-state index in [0.29, 0.717) is 0 Å². The molecule has 4 heterocycles. The quantitative estimate of drug-likeness (QED) is 0.163. The van der Waals surface area contributed by atoms with Crippen LogP contribution in [0.1, 0.15) is 127 Å². The van der Waals surface area contributed by atoms with Crippen molar-refractivity contribution in [2.45, 2.75) is 128 Å². The average Bonchev–Trinajstić information content (AvgIpc) is 3.38. The lowest BCUT2D eigenvalue weighted by Crippen LogP contribution is -2.64. The first-order valence-electron chi connectivity index (χ1n) is 28.9. The van der Waals surface area contributed by atoms with Crippen molar-refractivity contribution in [1.29, 1.82) is 0 Å². The molecule has 0 spiro atoms. The van der Waals surface area contributed by atoms with Crippen LogP contribution in [0.4, 0.5) is 39.8 Å². The second kappa shape index (κ2) is 16.0. The Labute approximate surface area is 463 Å². The van der Waals surface area contributed by atoms with E-state index in [-0.39, 0.29) is 28.4 Å². The van der Waals surface area contributed by atoms with Crippen molar-refractivity contribution < 1.29 is 0 Å². The summed E-state index contributed by atoms with van der Waals surface area (Å²) in [6.07, 6.45) is 4.25. The molecular formula is C74H70BN3. The van der Waals surface area contributed by atoms with E-state index < -0.39 is 11.1 Å². The molecule has 384 valence electrons. The summed E-state index contributed by atoms with van der Waals surface area (Å²) in [6.45, 7) is 24.8. The molecule has 4 unspecified atom stereocenters. The number of rotatable bonds is 4. The number of nitrogens with zero attached hydrogens (tertiary/aromatic N) is 3. The van der Waals surface area contributed by atoms with E-state index in [1.807, 2.05) is 0 Å². The lowest BCUT2D eigenvalue weighted by Gasteiger charge is -2.54. The van der Waals surface area contributed by atoms with E-state index in [9.17, 15) is 0 Å². The molecule has 9 aromatic rings. The van der Waals surface area contributed by atoms with Gasteiger partial charge in [-0.3, -0.25) is 0 Å². The summed E-state index contributed by atoms with van der Waals surface area (Å²) in [5.41, 5.74) is 28.3. The van der Waals surface area contributed by atoms with Crippen LogP contribution >= 0.6 is 0 Å². The van der Waals surface area contributed by atoms with Crippen LogP contribution in [0.5, 0.6) is 0 Å². The maximum atomic E-state index is 2.92. The van der Waals surface area contributed by atoms with Crippen LogP contribution < -0.4 is 31.1 Å². The second-order valence-corrected chi connectivity index (χ2v) is 26.7. The first-order valence-corrected chi connectivity index (χ1v) is 28.9. The van der Waals surface area contributed by atoms with E-state index in [2.05, 4.69) is 278 Å². The lowest BCUT2D eigenvalue weighted by molar-refractivity contribution is 0.244. The Hall–Kier alpha value is -7.56. The molecule has 0 amide bonds. The Bertz CT molecular complexity index is 3990. The third-order valence-electron chi connectivity index (χ3n) is 20.8. The predicted molar refractivity (Wildman–Crippen MR) is 330 cm³/mol. The third-order valence-corrected chi connectivity index (χ3v) is 20.8. The molecule has 0 bridgehead atoms. The minimum atomic E-state index is -0.410. The largest absolute Gasteiger partial charge is 0.331 e. The fourth-order valence-corrected chi connectivity index (χ4v) is 16.2. The number of hydrogen-bond acceptors (Lipinski definition) is 3. The van der Waals surface area contributed by atoms with Gasteiger partial charge in [-0.1, -0.05) is 213 Å². The third kappa shape index (κ3) is 6.18. The fraction of sp³-hybridized carbons (Fsp3) is 0.270. The molecule has 9 aromatic carbocycles. The van der Waals surface area contributed by atoms with Crippen molar-refractivity contribution in [1.82, 2.24) is 0 Å². The van der Waals surface area contributed by atoms with Crippen molar-refractivity contribution in [3.8, 4) is 22.3 Å². The number of anilines is 7. The molecule has 3 nitrogen and oxygen atoms in total. The van der Waals surface area contributed by atoms with Crippen molar-refractivity contribution in [2.75, 3.05) is 14.7 Å². The zero-order valence-corrected chi connectivity index (χ0v) is 47.2. The molecular weight excluding hydrogens is 942 g/mol. The monoisotopic (exact) mass is 1010 g/mol. The molecule has 0 saturated carbocycles. The summed E-state index contributed by atoms with van der Waals surface area (Å²) in [6, 6.07) is 75.8. The van der Waals surface area contributed by atoms with E-state index in [1.54, 1.807) is 0 Å². The summed E-state index contributed by atoms with van der Waals surface area (Å²) in [5.74, 6) is 0. The number of benzene rings is 9. The van der Waals surface area contributed by atoms with Crippen LogP contribution in [0.3, 0.4) is 0 Å². The second-order valence-electron chi connectivity index (χ2n) is 26.7. The van der Waals surface area contributed by atoms with Gasteiger partial charge in [0.05, 0.1) is 11.1 Å². The van der Waals surface area contributed by atoms with Gasteiger partial charge in [0, 0.05) is 50.6 Å². The highest BCUT2D eigenvalue weighted by Gasteiger charge is 2.65. The number of aryl methyl sites for hydroxylation is 2. The SMILES string of the molecule is CC(C)(C)c1ccc2c(c1)C1(C)CCc3ccccc3C1(C)N2c1cc2c3c(c1)N1c4c(cc(C(C)(C)C)cc4C4(C)CCc5ccccc5C14C)B3c1ccc(-c3ccccc3)cc1N2c1cccc(-c2ccccc2)c1. The fourth-order valence-electron chi connectivity index (χ4n) is 16.2. The van der Waals surface area contributed by atoms with Crippen LogP contribution in [0, 0.1) is 0 Å². The number of hydrogen-bond donors (Lipinski definition) is 0. The summed E-state index contributed by atoms with van der Waals surface area (Å²) < 4.78 is 0. The summed E-state index contributed by atoms with van der Waals surface area (Å²) >= 11 is 0. The summed E-state index contributed by atoms with van der Waals surface area (Å²) in [4.78, 5) is 8.42. The lowest BCUT2D eigenvalue weighted by atomic mass is 9.33. The van der Waals surface area contributed by atoms with Gasteiger partial charge in [0.15, 0.2) is 0 Å². The maximum absolute atomic E-state index is 2.92. The van der Waals surface area contributed by atoms with Crippen LogP contribution in [-0.2, 0) is 45.6 Å². The minimum Gasteiger partial charge on any atom is -0.331 e. The molecule has 2 aliphatic carbocycles. The van der Waals surface area contributed by atoms with E-state index in [4.69, 9.17) is 0 Å². The molecule has 78 heavy (non-hydrogen) atoms. The Kier molecular flexibility index (Phi) is 9.79. The van der Waals surface area contributed by atoms with Crippen LogP contribution in [-0.4, -0.2) is 6.71 Å². The standard InChI is InChI=1S/C74H70BN3/c1-69(2,3)53-33-35-63-59(42-53)71(7)38-36-49-26-17-19-30-57(49)73(71,9)77(63)56-45-65-67-66(46-56)78-68-60(72(8)39-37-50-27-18-20-31-58(50)74(72,78)10)43-54(70(4,5)6)44-62(68)75(67)61-34-32-52(48-24-15-12-16-25-48)41-64(61)76(65)55-29-21-28-51(40-55)47-22-13-11-14-23-47/h11-35,40-46H,36-39H2,1-10H3. The molecule has 6 aliphatic rings. The zero-order chi connectivity index (χ0) is 53.5. The first kappa shape index (κ1) is 47.6. The van der Waals surface area contributed by atoms with E-state index in [0.717, 1.165) is 31.4 Å². The highest BCUT2D eigenvalue weighted by Crippen LogP contribution is 2.68. The first-order chi connectivity index (χ1) is 37.4. The Balaban J connectivity index is 1.11. The predicted octanol–water partition coefficient (Wildman–Crippen LogP) is 16.8. The van der Waals surface area contributed by atoms with Gasteiger partial charge in [-0.15, -0.1) is 0 Å². The Morgan fingerprint density at radius 2 is 0.936 bits per heavy atom. The van der Waals surface area contributed by atoms with E-state index in [1.165, 1.54) is 117 Å². The van der Waals surface area contributed by atoms with Gasteiger partial charge in [0.1, 0.15) is 0 Å². The Morgan fingerprint density at radius 1 is 0.385 bits per heavy atom. The molecule has 4 atom stereocenters.